The average molecular weight is 321 g/mol. The van der Waals surface area contributed by atoms with Gasteiger partial charge in [-0.15, -0.1) is 0 Å². The van der Waals surface area contributed by atoms with Crippen LogP contribution < -0.4 is 9.47 Å². The van der Waals surface area contributed by atoms with E-state index in [1.54, 1.807) is 0 Å². The zero-order valence-electron chi connectivity index (χ0n) is 13.5. The summed E-state index contributed by atoms with van der Waals surface area (Å²) in [7, 11) is 2.09. The van der Waals surface area contributed by atoms with Gasteiger partial charge in [0.05, 0.1) is 11.9 Å². The molecule has 0 fully saturated rings. The van der Waals surface area contributed by atoms with Gasteiger partial charge in [0, 0.05) is 24.2 Å². The Kier molecular flexibility index (Phi) is 3.92. The standard InChI is InChI=1S/C19H19N3O2/c1-22(11-15-8-5-9-17-19(15)24-13-23-17)12-16-10-20-21-18(16)14-6-3-2-4-7-14/h2-10H,11-13H2,1H3,(H,20,21). The Morgan fingerprint density at radius 3 is 2.71 bits per heavy atom. The normalized spacial score (nSPS) is 12.8. The first kappa shape index (κ1) is 14.8. The van der Waals surface area contributed by atoms with Gasteiger partial charge < -0.3 is 9.47 Å². The van der Waals surface area contributed by atoms with Gasteiger partial charge in [-0.25, -0.2) is 0 Å². The van der Waals surface area contributed by atoms with Gasteiger partial charge >= 0.3 is 0 Å². The SMILES string of the molecule is CN(Cc1cn[nH]c1-c1ccccc1)Cc1cccc2c1OCO2. The summed E-state index contributed by atoms with van der Waals surface area (Å²) in [5, 5.41) is 7.33. The van der Waals surface area contributed by atoms with Crippen LogP contribution in [0.5, 0.6) is 11.5 Å². The molecule has 24 heavy (non-hydrogen) atoms. The summed E-state index contributed by atoms with van der Waals surface area (Å²) in [4.78, 5) is 2.24. The van der Waals surface area contributed by atoms with Gasteiger partial charge in [0.1, 0.15) is 0 Å². The molecule has 0 amide bonds. The van der Waals surface area contributed by atoms with Crippen LogP contribution in [0.3, 0.4) is 0 Å². The van der Waals surface area contributed by atoms with Crippen LogP contribution in [0.1, 0.15) is 11.1 Å². The van der Waals surface area contributed by atoms with E-state index in [1.807, 2.05) is 36.5 Å². The molecule has 1 aromatic heterocycles. The first-order valence-electron chi connectivity index (χ1n) is 7.95. The number of aromatic amines is 1. The van der Waals surface area contributed by atoms with Gasteiger partial charge in [-0.3, -0.25) is 10.00 Å². The van der Waals surface area contributed by atoms with Gasteiger partial charge in [-0.1, -0.05) is 42.5 Å². The summed E-state index contributed by atoms with van der Waals surface area (Å²) in [6.07, 6.45) is 1.90. The van der Waals surface area contributed by atoms with Crippen molar-refractivity contribution in [2.45, 2.75) is 13.1 Å². The molecule has 0 aliphatic carbocycles. The van der Waals surface area contributed by atoms with E-state index in [0.717, 1.165) is 41.4 Å². The van der Waals surface area contributed by atoms with Gasteiger partial charge in [-0.2, -0.15) is 5.10 Å². The Labute approximate surface area is 140 Å². The molecule has 2 aromatic carbocycles. The Balaban J connectivity index is 1.51. The third-order valence-electron chi connectivity index (χ3n) is 4.14. The lowest BCUT2D eigenvalue weighted by Gasteiger charge is -2.17. The Morgan fingerprint density at radius 2 is 1.83 bits per heavy atom. The van der Waals surface area contributed by atoms with Crippen LogP contribution in [-0.2, 0) is 13.1 Å². The van der Waals surface area contributed by atoms with Crippen LogP contribution in [0.2, 0.25) is 0 Å². The van der Waals surface area contributed by atoms with Crippen molar-refractivity contribution in [1.29, 1.82) is 0 Å². The number of para-hydroxylation sites is 1. The molecule has 1 aliphatic rings. The number of nitrogens with zero attached hydrogens (tertiary/aromatic N) is 2. The minimum atomic E-state index is 0.302. The molecule has 3 aromatic rings. The molecule has 0 saturated carbocycles. The van der Waals surface area contributed by atoms with Crippen molar-refractivity contribution in [3.05, 3.63) is 65.9 Å². The van der Waals surface area contributed by atoms with E-state index < -0.39 is 0 Å². The van der Waals surface area contributed by atoms with E-state index in [2.05, 4.69) is 40.3 Å². The van der Waals surface area contributed by atoms with E-state index in [1.165, 1.54) is 5.56 Å². The molecule has 1 N–H and O–H groups in total. The van der Waals surface area contributed by atoms with Crippen LogP contribution in [0.25, 0.3) is 11.3 Å². The molecule has 0 unspecified atom stereocenters. The first-order chi connectivity index (χ1) is 11.8. The number of nitrogens with one attached hydrogen (secondary N) is 1. The predicted molar refractivity (Wildman–Crippen MR) is 91.8 cm³/mol. The van der Waals surface area contributed by atoms with Crippen LogP contribution in [0.4, 0.5) is 0 Å². The first-order valence-corrected chi connectivity index (χ1v) is 7.95. The smallest absolute Gasteiger partial charge is 0.231 e. The molecule has 1 aliphatic heterocycles. The fourth-order valence-corrected chi connectivity index (χ4v) is 3.04. The number of H-pyrrole nitrogens is 1. The molecule has 0 bridgehead atoms. The lowest BCUT2D eigenvalue weighted by Crippen LogP contribution is -2.17. The molecule has 122 valence electrons. The van der Waals surface area contributed by atoms with Crippen molar-refractivity contribution in [2.24, 2.45) is 0 Å². The van der Waals surface area contributed by atoms with Crippen molar-refractivity contribution in [1.82, 2.24) is 15.1 Å². The van der Waals surface area contributed by atoms with Gasteiger partial charge in [0.25, 0.3) is 0 Å². The monoisotopic (exact) mass is 321 g/mol. The molecular formula is C19H19N3O2. The van der Waals surface area contributed by atoms with Gasteiger partial charge in [0.2, 0.25) is 6.79 Å². The maximum absolute atomic E-state index is 5.59. The van der Waals surface area contributed by atoms with E-state index in [0.29, 0.717) is 6.79 Å². The zero-order valence-corrected chi connectivity index (χ0v) is 13.5. The third kappa shape index (κ3) is 2.86. The second kappa shape index (κ2) is 6.37. The molecule has 0 atom stereocenters. The molecule has 0 spiro atoms. The summed E-state index contributed by atoms with van der Waals surface area (Å²) in [6.45, 7) is 1.88. The zero-order chi connectivity index (χ0) is 16.4. The highest BCUT2D eigenvalue weighted by Crippen LogP contribution is 2.36. The number of ether oxygens (including phenoxy) is 2. The number of aromatic nitrogens is 2. The van der Waals surface area contributed by atoms with Crippen LogP contribution in [-0.4, -0.2) is 28.9 Å². The lowest BCUT2D eigenvalue weighted by atomic mass is 10.1. The van der Waals surface area contributed by atoms with E-state index in [9.17, 15) is 0 Å². The van der Waals surface area contributed by atoms with Crippen molar-refractivity contribution in [3.63, 3.8) is 0 Å². The minimum absolute atomic E-state index is 0.302. The Hall–Kier alpha value is -2.79. The van der Waals surface area contributed by atoms with Crippen LogP contribution in [0, 0.1) is 0 Å². The number of hydrogen-bond donors (Lipinski definition) is 1. The highest BCUT2D eigenvalue weighted by molar-refractivity contribution is 5.62. The summed E-state index contributed by atoms with van der Waals surface area (Å²) in [6, 6.07) is 16.3. The van der Waals surface area contributed by atoms with Gasteiger partial charge in [-0.05, 0) is 18.7 Å². The summed E-state index contributed by atoms with van der Waals surface area (Å²) in [5.74, 6) is 1.69. The number of rotatable bonds is 5. The summed E-state index contributed by atoms with van der Waals surface area (Å²) < 4.78 is 11.0. The summed E-state index contributed by atoms with van der Waals surface area (Å²) >= 11 is 0. The van der Waals surface area contributed by atoms with Crippen LogP contribution in [0.15, 0.2) is 54.7 Å². The largest absolute Gasteiger partial charge is 0.454 e. The number of benzene rings is 2. The maximum atomic E-state index is 5.59. The Morgan fingerprint density at radius 1 is 1.00 bits per heavy atom. The second-order valence-electron chi connectivity index (χ2n) is 5.96. The number of fused-ring (bicyclic) bond motifs is 1. The quantitative estimate of drug-likeness (QED) is 0.782. The highest BCUT2D eigenvalue weighted by Gasteiger charge is 2.18. The molecule has 0 saturated heterocycles. The minimum Gasteiger partial charge on any atom is -0.454 e. The van der Waals surface area contributed by atoms with E-state index in [-0.39, 0.29) is 0 Å². The van der Waals surface area contributed by atoms with E-state index >= 15 is 0 Å². The highest BCUT2D eigenvalue weighted by atomic mass is 16.7. The molecule has 4 rings (SSSR count). The molecule has 5 heteroatoms. The van der Waals surface area contributed by atoms with Crippen molar-refractivity contribution < 1.29 is 9.47 Å². The van der Waals surface area contributed by atoms with Crippen molar-refractivity contribution >= 4 is 0 Å². The number of hydrogen-bond acceptors (Lipinski definition) is 4. The summed E-state index contributed by atoms with van der Waals surface area (Å²) in [5.41, 5.74) is 4.53. The van der Waals surface area contributed by atoms with E-state index in [4.69, 9.17) is 9.47 Å². The second-order valence-corrected chi connectivity index (χ2v) is 5.96. The van der Waals surface area contributed by atoms with Crippen LogP contribution >= 0.6 is 0 Å². The van der Waals surface area contributed by atoms with Gasteiger partial charge in [0.15, 0.2) is 11.5 Å². The Bertz CT molecular complexity index is 830. The molecule has 2 heterocycles. The van der Waals surface area contributed by atoms with Crippen molar-refractivity contribution in [2.75, 3.05) is 13.8 Å². The predicted octanol–water partition coefficient (Wildman–Crippen LogP) is 3.44. The molecule has 0 radical (unpaired) electrons. The fourth-order valence-electron chi connectivity index (χ4n) is 3.04. The fraction of sp³-hybridized carbons (Fsp3) is 0.211. The lowest BCUT2D eigenvalue weighted by molar-refractivity contribution is 0.172. The average Bonchev–Trinajstić information content (AvgIpc) is 3.25. The molecular weight excluding hydrogens is 302 g/mol. The van der Waals surface area contributed by atoms with Crippen molar-refractivity contribution in [3.8, 4) is 22.8 Å². The topological polar surface area (TPSA) is 50.4 Å². The third-order valence-corrected chi connectivity index (χ3v) is 4.14. The molecule has 5 nitrogen and oxygen atoms in total. The maximum Gasteiger partial charge on any atom is 0.231 e.